The normalized spacial score (nSPS) is 21.1. The van der Waals surface area contributed by atoms with Gasteiger partial charge in [0.25, 0.3) is 0 Å². The standard InChI is InChI=1S/C11H22ClNO2S/c1-9(2)11(4-5-11)8-13-16(14,15)7-10(3)6-12/h9-10,13H,4-8H2,1-3H3. The van der Waals surface area contributed by atoms with Crippen LogP contribution >= 0.6 is 11.6 Å². The minimum absolute atomic E-state index is 0.00775. The first-order chi connectivity index (χ1) is 7.31. The molecule has 0 aromatic rings. The van der Waals surface area contributed by atoms with Crippen molar-refractivity contribution in [3.05, 3.63) is 0 Å². The van der Waals surface area contributed by atoms with Crippen molar-refractivity contribution >= 4 is 21.6 Å². The molecular weight excluding hydrogens is 246 g/mol. The summed E-state index contributed by atoms with van der Waals surface area (Å²) in [7, 11) is -3.15. The highest BCUT2D eigenvalue weighted by Gasteiger charge is 2.45. The molecule has 96 valence electrons. The Balaban J connectivity index is 2.43. The van der Waals surface area contributed by atoms with Gasteiger partial charge in [0, 0.05) is 12.4 Å². The molecular formula is C11H22ClNO2S. The highest BCUT2D eigenvalue weighted by Crippen LogP contribution is 2.51. The maximum absolute atomic E-state index is 11.7. The zero-order valence-electron chi connectivity index (χ0n) is 10.3. The summed E-state index contributed by atoms with van der Waals surface area (Å²) in [6.07, 6.45) is 2.27. The van der Waals surface area contributed by atoms with Crippen molar-refractivity contribution in [2.75, 3.05) is 18.2 Å². The van der Waals surface area contributed by atoms with Gasteiger partial charge >= 0.3 is 0 Å². The second-order valence-corrected chi connectivity index (χ2v) is 7.54. The molecule has 1 atom stereocenters. The van der Waals surface area contributed by atoms with Crippen molar-refractivity contribution in [3.8, 4) is 0 Å². The van der Waals surface area contributed by atoms with Crippen LogP contribution in [0.2, 0.25) is 0 Å². The van der Waals surface area contributed by atoms with E-state index in [-0.39, 0.29) is 17.1 Å². The largest absolute Gasteiger partial charge is 0.215 e. The zero-order chi connectivity index (χ0) is 12.4. The number of sulfonamides is 1. The van der Waals surface area contributed by atoms with E-state index in [1.54, 1.807) is 0 Å². The molecule has 1 unspecified atom stereocenters. The SMILES string of the molecule is CC(CCl)CS(=O)(=O)NCC1(C(C)C)CC1. The number of rotatable bonds is 7. The van der Waals surface area contributed by atoms with Gasteiger partial charge in [-0.1, -0.05) is 20.8 Å². The van der Waals surface area contributed by atoms with Crippen LogP contribution < -0.4 is 4.72 Å². The lowest BCUT2D eigenvalue weighted by Gasteiger charge is -2.20. The molecule has 0 aliphatic heterocycles. The lowest BCUT2D eigenvalue weighted by atomic mass is 9.93. The molecule has 5 heteroatoms. The van der Waals surface area contributed by atoms with Gasteiger partial charge in [-0.25, -0.2) is 13.1 Å². The van der Waals surface area contributed by atoms with E-state index in [9.17, 15) is 8.42 Å². The van der Waals surface area contributed by atoms with Gasteiger partial charge in [0.1, 0.15) is 0 Å². The third kappa shape index (κ3) is 3.90. The molecule has 16 heavy (non-hydrogen) atoms. The van der Waals surface area contributed by atoms with Crippen molar-refractivity contribution in [3.63, 3.8) is 0 Å². The van der Waals surface area contributed by atoms with E-state index in [0.717, 1.165) is 12.8 Å². The fourth-order valence-corrected chi connectivity index (χ4v) is 3.58. The molecule has 0 heterocycles. The highest BCUT2D eigenvalue weighted by molar-refractivity contribution is 7.89. The summed E-state index contributed by atoms with van der Waals surface area (Å²) >= 11 is 5.62. The molecule has 1 aliphatic rings. The molecule has 0 radical (unpaired) electrons. The Morgan fingerprint density at radius 2 is 1.88 bits per heavy atom. The predicted octanol–water partition coefficient (Wildman–Crippen LogP) is 2.22. The summed E-state index contributed by atoms with van der Waals surface area (Å²) < 4.78 is 26.2. The number of nitrogens with one attached hydrogen (secondary N) is 1. The van der Waals surface area contributed by atoms with E-state index in [4.69, 9.17) is 11.6 Å². The first kappa shape index (κ1) is 14.3. The third-order valence-electron chi connectivity index (χ3n) is 3.53. The third-order valence-corrected chi connectivity index (χ3v) is 5.65. The van der Waals surface area contributed by atoms with Crippen LogP contribution in [-0.4, -0.2) is 26.6 Å². The monoisotopic (exact) mass is 267 g/mol. The second-order valence-electron chi connectivity index (χ2n) is 5.38. The maximum atomic E-state index is 11.7. The minimum Gasteiger partial charge on any atom is -0.215 e. The van der Waals surface area contributed by atoms with Gasteiger partial charge in [-0.3, -0.25) is 0 Å². The van der Waals surface area contributed by atoms with Crippen LogP contribution in [0.1, 0.15) is 33.6 Å². The summed E-state index contributed by atoms with van der Waals surface area (Å²) in [5.74, 6) is 1.06. The quantitative estimate of drug-likeness (QED) is 0.719. The van der Waals surface area contributed by atoms with Gasteiger partial charge < -0.3 is 0 Å². The molecule has 0 aromatic carbocycles. The Kier molecular flexibility index (Phi) is 4.66. The fourth-order valence-electron chi connectivity index (χ4n) is 1.85. The van der Waals surface area contributed by atoms with Gasteiger partial charge in [-0.05, 0) is 30.1 Å². The van der Waals surface area contributed by atoms with Crippen molar-refractivity contribution in [2.45, 2.75) is 33.6 Å². The Morgan fingerprint density at radius 1 is 1.31 bits per heavy atom. The molecule has 0 bridgehead atoms. The lowest BCUT2D eigenvalue weighted by molar-refractivity contribution is 0.357. The Hall–Kier alpha value is 0.200. The summed E-state index contributed by atoms with van der Waals surface area (Å²) in [4.78, 5) is 0. The van der Waals surface area contributed by atoms with Crippen molar-refractivity contribution in [2.24, 2.45) is 17.3 Å². The Morgan fingerprint density at radius 3 is 2.25 bits per heavy atom. The average molecular weight is 268 g/mol. The molecule has 3 nitrogen and oxygen atoms in total. The summed E-state index contributed by atoms with van der Waals surface area (Å²) in [5.41, 5.74) is 0.220. The van der Waals surface area contributed by atoms with Crippen LogP contribution in [-0.2, 0) is 10.0 Å². The molecule has 1 saturated carbocycles. The molecule has 1 rings (SSSR count). The minimum atomic E-state index is -3.15. The van der Waals surface area contributed by atoms with Crippen LogP contribution in [0.4, 0.5) is 0 Å². The number of hydrogen-bond donors (Lipinski definition) is 1. The van der Waals surface area contributed by atoms with E-state index >= 15 is 0 Å². The van der Waals surface area contributed by atoms with Crippen molar-refractivity contribution in [1.29, 1.82) is 0 Å². The van der Waals surface area contributed by atoms with Crippen LogP contribution in [0, 0.1) is 17.3 Å². The highest BCUT2D eigenvalue weighted by atomic mass is 35.5. The molecule has 1 fully saturated rings. The summed E-state index contributed by atoms with van der Waals surface area (Å²) in [6, 6.07) is 0. The first-order valence-corrected chi connectivity index (χ1v) is 8.03. The molecule has 0 spiro atoms. The predicted molar refractivity (Wildman–Crippen MR) is 68.2 cm³/mol. The summed E-state index contributed by atoms with van der Waals surface area (Å²) in [5, 5.41) is 0. The van der Waals surface area contributed by atoms with E-state index < -0.39 is 10.0 Å². The van der Waals surface area contributed by atoms with Crippen LogP contribution in [0.5, 0.6) is 0 Å². The van der Waals surface area contributed by atoms with Crippen molar-refractivity contribution < 1.29 is 8.42 Å². The molecule has 1 aliphatic carbocycles. The summed E-state index contributed by atoms with van der Waals surface area (Å²) in [6.45, 7) is 6.74. The Labute approximate surface area is 104 Å². The van der Waals surface area contributed by atoms with Gasteiger partial charge in [0.15, 0.2) is 0 Å². The maximum Gasteiger partial charge on any atom is 0.211 e. The fraction of sp³-hybridized carbons (Fsp3) is 1.00. The van der Waals surface area contributed by atoms with Crippen LogP contribution in [0.25, 0.3) is 0 Å². The van der Waals surface area contributed by atoms with Crippen LogP contribution in [0.3, 0.4) is 0 Å². The topological polar surface area (TPSA) is 46.2 Å². The number of alkyl halides is 1. The van der Waals surface area contributed by atoms with Crippen molar-refractivity contribution in [1.82, 2.24) is 4.72 Å². The molecule has 0 aromatic heterocycles. The number of hydrogen-bond acceptors (Lipinski definition) is 2. The van der Waals surface area contributed by atoms with E-state index in [1.807, 2.05) is 6.92 Å². The lowest BCUT2D eigenvalue weighted by Crippen LogP contribution is -2.35. The molecule has 1 N–H and O–H groups in total. The van der Waals surface area contributed by atoms with E-state index in [0.29, 0.717) is 18.3 Å². The van der Waals surface area contributed by atoms with Gasteiger partial charge in [0.05, 0.1) is 5.75 Å². The van der Waals surface area contributed by atoms with Gasteiger partial charge in [-0.2, -0.15) is 0 Å². The Bertz CT molecular complexity index is 323. The average Bonchev–Trinajstić information content (AvgIpc) is 2.95. The van der Waals surface area contributed by atoms with Gasteiger partial charge in [-0.15, -0.1) is 11.6 Å². The molecule has 0 saturated heterocycles. The zero-order valence-corrected chi connectivity index (χ0v) is 11.9. The number of halogens is 1. The second kappa shape index (κ2) is 5.23. The molecule has 0 amide bonds. The van der Waals surface area contributed by atoms with E-state index in [1.165, 1.54) is 0 Å². The van der Waals surface area contributed by atoms with Crippen LogP contribution in [0.15, 0.2) is 0 Å². The smallest absolute Gasteiger partial charge is 0.211 e. The van der Waals surface area contributed by atoms with Gasteiger partial charge in [0.2, 0.25) is 10.0 Å². The first-order valence-electron chi connectivity index (χ1n) is 5.84. The van der Waals surface area contributed by atoms with E-state index in [2.05, 4.69) is 18.6 Å².